The van der Waals surface area contributed by atoms with E-state index in [4.69, 9.17) is 9.52 Å². The normalized spacial score (nSPS) is 12.7. The third-order valence-electron chi connectivity index (χ3n) is 2.72. The van der Waals surface area contributed by atoms with Crippen LogP contribution in [0.3, 0.4) is 0 Å². The molecule has 102 valence electrons. The summed E-state index contributed by atoms with van der Waals surface area (Å²) in [5, 5.41) is 11.7. The second-order valence-electron chi connectivity index (χ2n) is 4.29. The van der Waals surface area contributed by atoms with E-state index in [1.807, 2.05) is 6.07 Å². The third-order valence-corrected chi connectivity index (χ3v) is 2.72. The summed E-state index contributed by atoms with van der Waals surface area (Å²) in [7, 11) is 0. The number of carbonyl (C=O) groups is 1. The first-order chi connectivity index (χ1) is 8.56. The maximum absolute atomic E-state index is 11.7. The van der Waals surface area contributed by atoms with Gasteiger partial charge in [-0.1, -0.05) is 13.8 Å². The van der Waals surface area contributed by atoms with Crippen molar-refractivity contribution in [2.75, 3.05) is 19.6 Å². The van der Waals surface area contributed by atoms with E-state index in [9.17, 15) is 4.79 Å². The summed E-state index contributed by atoms with van der Waals surface area (Å²) >= 11 is 0. The Labute approximate surface area is 108 Å². The van der Waals surface area contributed by atoms with Gasteiger partial charge >= 0.3 is 0 Å². The Balaban J connectivity index is 2.54. The van der Waals surface area contributed by atoms with Crippen molar-refractivity contribution < 1.29 is 14.3 Å². The molecule has 0 aliphatic carbocycles. The van der Waals surface area contributed by atoms with Gasteiger partial charge in [0.15, 0.2) is 5.76 Å². The van der Waals surface area contributed by atoms with Crippen LogP contribution in [0.25, 0.3) is 0 Å². The summed E-state index contributed by atoms with van der Waals surface area (Å²) in [4.78, 5) is 13.9. The van der Waals surface area contributed by atoms with Crippen molar-refractivity contribution in [3.63, 3.8) is 0 Å². The van der Waals surface area contributed by atoms with Crippen molar-refractivity contribution in [2.45, 2.75) is 33.4 Å². The molecule has 18 heavy (non-hydrogen) atoms. The molecule has 5 heteroatoms. The quantitative estimate of drug-likeness (QED) is 0.768. The molecule has 0 saturated heterocycles. The Morgan fingerprint density at radius 2 is 2.11 bits per heavy atom. The number of rotatable bonds is 7. The number of carbonyl (C=O) groups excluding carboxylic acids is 1. The van der Waals surface area contributed by atoms with Crippen molar-refractivity contribution in [3.05, 3.63) is 23.7 Å². The summed E-state index contributed by atoms with van der Waals surface area (Å²) in [5.74, 6) is 0.778. The van der Waals surface area contributed by atoms with Crippen LogP contribution in [0.15, 0.2) is 16.5 Å². The number of nitrogens with zero attached hydrogens (tertiary/aromatic N) is 1. The van der Waals surface area contributed by atoms with Crippen LogP contribution in [0.2, 0.25) is 0 Å². The van der Waals surface area contributed by atoms with Crippen LogP contribution < -0.4 is 5.32 Å². The Bertz CT molecular complexity index is 370. The summed E-state index contributed by atoms with van der Waals surface area (Å²) in [5.41, 5.74) is 0. The predicted molar refractivity (Wildman–Crippen MR) is 69.3 cm³/mol. The molecule has 0 radical (unpaired) electrons. The van der Waals surface area contributed by atoms with Gasteiger partial charge in [-0.25, -0.2) is 0 Å². The highest BCUT2D eigenvalue weighted by Gasteiger charge is 2.12. The fourth-order valence-electron chi connectivity index (χ4n) is 1.58. The van der Waals surface area contributed by atoms with E-state index >= 15 is 0 Å². The lowest BCUT2D eigenvalue weighted by Crippen LogP contribution is -2.30. The van der Waals surface area contributed by atoms with Gasteiger partial charge in [0.1, 0.15) is 5.76 Å². The zero-order valence-corrected chi connectivity index (χ0v) is 11.3. The molecule has 0 saturated carbocycles. The highest BCUT2D eigenvalue weighted by atomic mass is 16.4. The zero-order valence-electron chi connectivity index (χ0n) is 11.3. The number of nitrogens with one attached hydrogen (secondary N) is 1. The average molecular weight is 254 g/mol. The fourth-order valence-corrected chi connectivity index (χ4v) is 1.58. The van der Waals surface area contributed by atoms with Gasteiger partial charge in [-0.2, -0.15) is 0 Å². The summed E-state index contributed by atoms with van der Waals surface area (Å²) < 4.78 is 5.48. The van der Waals surface area contributed by atoms with Crippen LogP contribution in [0.4, 0.5) is 0 Å². The van der Waals surface area contributed by atoms with E-state index in [1.54, 1.807) is 13.0 Å². The molecule has 1 aromatic rings. The zero-order chi connectivity index (χ0) is 13.5. The Kier molecular flexibility index (Phi) is 5.88. The molecular weight excluding hydrogens is 232 g/mol. The van der Waals surface area contributed by atoms with Gasteiger partial charge in [0.05, 0.1) is 12.6 Å². The van der Waals surface area contributed by atoms with E-state index in [0.29, 0.717) is 6.54 Å². The summed E-state index contributed by atoms with van der Waals surface area (Å²) in [6, 6.07) is 3.48. The van der Waals surface area contributed by atoms with Gasteiger partial charge in [0.2, 0.25) is 0 Å². The molecule has 2 N–H and O–H groups in total. The van der Waals surface area contributed by atoms with Crippen LogP contribution in [-0.2, 0) is 6.54 Å². The van der Waals surface area contributed by atoms with Gasteiger partial charge in [0, 0.05) is 6.54 Å². The molecule has 1 heterocycles. The molecule has 1 rings (SSSR count). The second kappa shape index (κ2) is 7.18. The minimum atomic E-state index is -0.556. The molecule has 1 atom stereocenters. The lowest BCUT2D eigenvalue weighted by atomic mass is 10.3. The number of aliphatic hydroxyl groups excluding tert-OH is 1. The first-order valence-electron chi connectivity index (χ1n) is 6.34. The second-order valence-corrected chi connectivity index (χ2v) is 4.29. The summed E-state index contributed by atoms with van der Waals surface area (Å²) in [6.07, 6.45) is -0.556. The molecule has 0 aliphatic heterocycles. The van der Waals surface area contributed by atoms with Crippen LogP contribution in [0.5, 0.6) is 0 Å². The van der Waals surface area contributed by atoms with Crippen molar-refractivity contribution in [1.82, 2.24) is 10.2 Å². The Hall–Kier alpha value is -1.33. The van der Waals surface area contributed by atoms with Crippen molar-refractivity contribution in [2.24, 2.45) is 0 Å². The molecule has 0 fully saturated rings. The highest BCUT2D eigenvalue weighted by molar-refractivity contribution is 5.91. The minimum absolute atomic E-state index is 0.227. The maximum atomic E-state index is 11.7. The number of amides is 1. The largest absolute Gasteiger partial charge is 0.455 e. The standard InChI is InChI=1S/C13H22N2O3/c1-4-15(5-2)9-11-6-7-12(18-11)13(17)14-8-10(3)16/h6-7,10,16H,4-5,8-9H2,1-3H3,(H,14,17). The van der Waals surface area contributed by atoms with Gasteiger partial charge in [-0.05, 0) is 32.1 Å². The lowest BCUT2D eigenvalue weighted by Gasteiger charge is -2.15. The fraction of sp³-hybridized carbons (Fsp3) is 0.615. The van der Waals surface area contributed by atoms with Gasteiger partial charge in [-0.15, -0.1) is 0 Å². The highest BCUT2D eigenvalue weighted by Crippen LogP contribution is 2.10. The smallest absolute Gasteiger partial charge is 0.287 e. The lowest BCUT2D eigenvalue weighted by molar-refractivity contribution is 0.0893. The van der Waals surface area contributed by atoms with E-state index in [2.05, 4.69) is 24.1 Å². The minimum Gasteiger partial charge on any atom is -0.455 e. The maximum Gasteiger partial charge on any atom is 0.287 e. The van der Waals surface area contributed by atoms with Crippen molar-refractivity contribution in [3.8, 4) is 0 Å². The molecule has 1 amide bonds. The number of aliphatic hydroxyl groups is 1. The Morgan fingerprint density at radius 3 is 2.67 bits per heavy atom. The number of hydrogen-bond donors (Lipinski definition) is 2. The molecule has 1 aromatic heterocycles. The molecule has 5 nitrogen and oxygen atoms in total. The first-order valence-corrected chi connectivity index (χ1v) is 6.34. The van der Waals surface area contributed by atoms with Crippen LogP contribution >= 0.6 is 0 Å². The SMILES string of the molecule is CCN(CC)Cc1ccc(C(=O)NCC(C)O)o1. The third kappa shape index (κ3) is 4.50. The monoisotopic (exact) mass is 254 g/mol. The topological polar surface area (TPSA) is 65.7 Å². The van der Waals surface area contributed by atoms with E-state index < -0.39 is 6.10 Å². The van der Waals surface area contributed by atoms with Crippen LogP contribution in [0, 0.1) is 0 Å². The molecule has 0 aromatic carbocycles. The molecule has 0 bridgehead atoms. The van der Waals surface area contributed by atoms with E-state index in [1.165, 1.54) is 0 Å². The molecule has 0 aliphatic rings. The van der Waals surface area contributed by atoms with Gasteiger partial charge in [0.25, 0.3) is 5.91 Å². The first kappa shape index (κ1) is 14.7. The summed E-state index contributed by atoms with van der Waals surface area (Å²) in [6.45, 7) is 8.61. The Morgan fingerprint density at radius 1 is 1.44 bits per heavy atom. The number of furan rings is 1. The molecule has 0 spiro atoms. The molecular formula is C13H22N2O3. The average Bonchev–Trinajstić information content (AvgIpc) is 2.81. The van der Waals surface area contributed by atoms with Crippen LogP contribution in [-0.4, -0.2) is 41.7 Å². The molecule has 1 unspecified atom stereocenters. The van der Waals surface area contributed by atoms with Gasteiger partial charge < -0.3 is 14.8 Å². The van der Waals surface area contributed by atoms with E-state index in [-0.39, 0.29) is 18.2 Å². The van der Waals surface area contributed by atoms with Crippen molar-refractivity contribution >= 4 is 5.91 Å². The predicted octanol–water partition coefficient (Wildman–Crippen LogP) is 1.23. The number of hydrogen-bond acceptors (Lipinski definition) is 4. The van der Waals surface area contributed by atoms with E-state index in [0.717, 1.165) is 18.8 Å². The van der Waals surface area contributed by atoms with Crippen LogP contribution in [0.1, 0.15) is 37.1 Å². The van der Waals surface area contributed by atoms with Gasteiger partial charge in [-0.3, -0.25) is 9.69 Å². The van der Waals surface area contributed by atoms with Crippen molar-refractivity contribution in [1.29, 1.82) is 0 Å².